The molecular formula is C8H6S3. The average Bonchev–Trinajstić information content (AvgIpc) is 2.30. The third-order valence-corrected chi connectivity index (χ3v) is 3.81. The summed E-state index contributed by atoms with van der Waals surface area (Å²) in [5, 5.41) is 1.20. The van der Waals surface area contributed by atoms with Crippen LogP contribution in [-0.4, -0.2) is 0 Å². The predicted octanol–water partition coefficient (Wildman–Crippen LogP) is 3.48. The fourth-order valence-electron chi connectivity index (χ4n) is 1.02. The standard InChI is InChI=1S/C8H6S3/c9-7-5-3-1-2-4-6(5)11-8(7)10/h1-4,9-10H. The van der Waals surface area contributed by atoms with Crippen LogP contribution in [0.15, 0.2) is 33.4 Å². The summed E-state index contributed by atoms with van der Waals surface area (Å²) in [6.45, 7) is 0. The van der Waals surface area contributed by atoms with Crippen LogP contribution in [0.25, 0.3) is 10.1 Å². The minimum Gasteiger partial charge on any atom is -0.141 e. The zero-order valence-corrected chi connectivity index (χ0v) is 8.22. The first-order chi connectivity index (χ1) is 5.29. The number of hydrogen-bond donors (Lipinski definition) is 2. The molecule has 3 heteroatoms. The predicted molar refractivity (Wildman–Crippen MR) is 56.3 cm³/mol. The molecule has 56 valence electrons. The molecule has 11 heavy (non-hydrogen) atoms. The Balaban J connectivity index is 2.92. The Labute approximate surface area is 80.1 Å². The van der Waals surface area contributed by atoms with Crippen LogP contribution < -0.4 is 0 Å². The van der Waals surface area contributed by atoms with E-state index in [1.165, 1.54) is 10.1 Å². The van der Waals surface area contributed by atoms with Crippen LogP contribution in [0.5, 0.6) is 0 Å². The molecule has 2 rings (SSSR count). The second kappa shape index (κ2) is 2.73. The Morgan fingerprint density at radius 1 is 1.09 bits per heavy atom. The summed E-state index contributed by atoms with van der Waals surface area (Å²) in [7, 11) is 0. The molecule has 0 nitrogen and oxygen atoms in total. The van der Waals surface area contributed by atoms with Gasteiger partial charge in [-0.2, -0.15) is 0 Å². The molecule has 1 heterocycles. The van der Waals surface area contributed by atoms with E-state index >= 15 is 0 Å². The molecule has 0 aliphatic carbocycles. The summed E-state index contributed by atoms with van der Waals surface area (Å²) >= 11 is 10.3. The first-order valence-electron chi connectivity index (χ1n) is 3.18. The van der Waals surface area contributed by atoms with Gasteiger partial charge in [-0.1, -0.05) is 18.2 Å². The lowest BCUT2D eigenvalue weighted by atomic mass is 10.3. The molecule has 0 amide bonds. The first-order valence-corrected chi connectivity index (χ1v) is 4.89. The van der Waals surface area contributed by atoms with E-state index in [0.29, 0.717) is 0 Å². The van der Waals surface area contributed by atoms with Crippen LogP contribution in [0.1, 0.15) is 0 Å². The number of benzene rings is 1. The molecule has 0 saturated carbocycles. The minimum absolute atomic E-state index is 0.994. The lowest BCUT2D eigenvalue weighted by Gasteiger charge is -1.87. The molecule has 0 unspecified atom stereocenters. The molecule has 1 aromatic carbocycles. The molecule has 0 spiro atoms. The van der Waals surface area contributed by atoms with E-state index in [2.05, 4.69) is 37.4 Å². The second-order valence-corrected chi connectivity index (χ2v) is 4.50. The van der Waals surface area contributed by atoms with Crippen LogP contribution in [0, 0.1) is 0 Å². The normalized spacial score (nSPS) is 10.7. The highest BCUT2D eigenvalue weighted by molar-refractivity contribution is 7.85. The molecule has 0 N–H and O–H groups in total. The van der Waals surface area contributed by atoms with E-state index in [0.717, 1.165) is 9.10 Å². The maximum atomic E-state index is 4.35. The van der Waals surface area contributed by atoms with E-state index in [4.69, 9.17) is 0 Å². The van der Waals surface area contributed by atoms with Crippen LogP contribution in [-0.2, 0) is 0 Å². The topological polar surface area (TPSA) is 0 Å². The molecule has 2 aromatic rings. The second-order valence-electron chi connectivity index (χ2n) is 2.25. The van der Waals surface area contributed by atoms with Crippen molar-refractivity contribution in [3.05, 3.63) is 24.3 Å². The van der Waals surface area contributed by atoms with Gasteiger partial charge in [0.15, 0.2) is 0 Å². The quantitative estimate of drug-likeness (QED) is 0.595. The van der Waals surface area contributed by atoms with Gasteiger partial charge in [-0.3, -0.25) is 0 Å². The van der Waals surface area contributed by atoms with Crippen LogP contribution >= 0.6 is 36.6 Å². The molecule has 0 atom stereocenters. The van der Waals surface area contributed by atoms with Crippen LogP contribution in [0.2, 0.25) is 0 Å². The van der Waals surface area contributed by atoms with Crippen molar-refractivity contribution < 1.29 is 0 Å². The molecular weight excluding hydrogens is 192 g/mol. The summed E-state index contributed by atoms with van der Waals surface area (Å²) in [5.41, 5.74) is 0. The first kappa shape index (κ1) is 7.53. The zero-order valence-electron chi connectivity index (χ0n) is 5.61. The Morgan fingerprint density at radius 3 is 2.55 bits per heavy atom. The number of thiophene rings is 1. The largest absolute Gasteiger partial charge is 0.141 e. The monoisotopic (exact) mass is 198 g/mol. The summed E-state index contributed by atoms with van der Waals surface area (Å²) in [5.74, 6) is 0. The van der Waals surface area contributed by atoms with Crippen molar-refractivity contribution in [2.75, 3.05) is 0 Å². The van der Waals surface area contributed by atoms with E-state index in [1.807, 2.05) is 12.1 Å². The zero-order chi connectivity index (χ0) is 7.84. The van der Waals surface area contributed by atoms with E-state index in [1.54, 1.807) is 11.3 Å². The van der Waals surface area contributed by atoms with Crippen molar-refractivity contribution in [2.45, 2.75) is 9.10 Å². The van der Waals surface area contributed by atoms with Crippen molar-refractivity contribution in [1.29, 1.82) is 0 Å². The van der Waals surface area contributed by atoms with Crippen molar-refractivity contribution in [2.24, 2.45) is 0 Å². The third kappa shape index (κ3) is 1.17. The van der Waals surface area contributed by atoms with E-state index in [9.17, 15) is 0 Å². The van der Waals surface area contributed by atoms with Crippen molar-refractivity contribution in [3.63, 3.8) is 0 Å². The average molecular weight is 198 g/mol. The van der Waals surface area contributed by atoms with E-state index < -0.39 is 0 Å². The smallest absolute Gasteiger partial charge is 0.0714 e. The van der Waals surface area contributed by atoms with Gasteiger partial charge in [0.2, 0.25) is 0 Å². The fourth-order valence-corrected chi connectivity index (χ4v) is 2.68. The number of thiol groups is 2. The molecule has 0 radical (unpaired) electrons. The fraction of sp³-hybridized carbons (Fsp3) is 0. The molecule has 1 aromatic heterocycles. The Bertz CT molecular complexity index is 389. The van der Waals surface area contributed by atoms with Gasteiger partial charge in [0.1, 0.15) is 0 Å². The number of rotatable bonds is 0. The molecule has 0 saturated heterocycles. The third-order valence-electron chi connectivity index (χ3n) is 1.55. The molecule has 0 aliphatic rings. The summed E-state index contributed by atoms with van der Waals surface area (Å²) in [6.07, 6.45) is 0. The highest BCUT2D eigenvalue weighted by atomic mass is 32.2. The Morgan fingerprint density at radius 2 is 1.82 bits per heavy atom. The molecule has 0 fully saturated rings. The summed E-state index contributed by atoms with van der Waals surface area (Å²) in [4.78, 5) is 0.994. The van der Waals surface area contributed by atoms with Gasteiger partial charge in [-0.15, -0.1) is 36.6 Å². The summed E-state index contributed by atoms with van der Waals surface area (Å²) in [6, 6.07) is 8.19. The lowest BCUT2D eigenvalue weighted by Crippen LogP contribution is -1.61. The van der Waals surface area contributed by atoms with Gasteiger partial charge in [0.25, 0.3) is 0 Å². The SMILES string of the molecule is Sc1sc2ccccc2c1S. The van der Waals surface area contributed by atoms with Gasteiger partial charge >= 0.3 is 0 Å². The highest BCUT2D eigenvalue weighted by Crippen LogP contribution is 2.35. The van der Waals surface area contributed by atoms with Gasteiger partial charge in [0.05, 0.1) is 4.21 Å². The van der Waals surface area contributed by atoms with Gasteiger partial charge < -0.3 is 0 Å². The number of hydrogen-bond acceptors (Lipinski definition) is 3. The Kier molecular flexibility index (Phi) is 1.87. The Hall–Kier alpha value is -0.120. The molecule has 0 bridgehead atoms. The van der Waals surface area contributed by atoms with E-state index in [-0.39, 0.29) is 0 Å². The van der Waals surface area contributed by atoms with Crippen molar-refractivity contribution in [1.82, 2.24) is 0 Å². The van der Waals surface area contributed by atoms with Gasteiger partial charge in [0, 0.05) is 15.0 Å². The van der Waals surface area contributed by atoms with Crippen LogP contribution in [0.4, 0.5) is 0 Å². The summed E-state index contributed by atoms with van der Waals surface area (Å²) < 4.78 is 2.25. The maximum absolute atomic E-state index is 4.35. The molecule has 0 aliphatic heterocycles. The van der Waals surface area contributed by atoms with Crippen molar-refractivity contribution >= 4 is 46.7 Å². The van der Waals surface area contributed by atoms with Gasteiger partial charge in [-0.05, 0) is 6.07 Å². The van der Waals surface area contributed by atoms with Gasteiger partial charge in [-0.25, -0.2) is 0 Å². The van der Waals surface area contributed by atoms with Crippen molar-refractivity contribution in [3.8, 4) is 0 Å². The maximum Gasteiger partial charge on any atom is 0.0714 e. The highest BCUT2D eigenvalue weighted by Gasteiger charge is 2.03. The lowest BCUT2D eigenvalue weighted by molar-refractivity contribution is 1.48. The number of fused-ring (bicyclic) bond motifs is 1. The van der Waals surface area contributed by atoms with Crippen LogP contribution in [0.3, 0.4) is 0 Å². The minimum atomic E-state index is 0.994.